The molecular weight excluding hydrogens is 310 g/mol. The van der Waals surface area contributed by atoms with Gasteiger partial charge in [-0.3, -0.25) is 0 Å². The molecule has 0 radical (unpaired) electrons. The van der Waals surface area contributed by atoms with Crippen molar-refractivity contribution in [2.45, 2.75) is 33.3 Å². The van der Waals surface area contributed by atoms with Gasteiger partial charge in [0.15, 0.2) is 6.10 Å². The third-order valence-electron chi connectivity index (χ3n) is 2.53. The predicted molar refractivity (Wildman–Crippen MR) is 84.6 cm³/mol. The lowest BCUT2D eigenvalue weighted by Crippen LogP contribution is -2.26. The number of carboxylic acid groups (broad SMARTS) is 1. The van der Waals surface area contributed by atoms with Crippen molar-refractivity contribution in [2.75, 3.05) is 13.7 Å². The molecule has 1 unspecified atom stereocenters. The second kappa shape index (κ2) is 10.7. The lowest BCUT2D eigenvalue weighted by molar-refractivity contribution is -0.145. The van der Waals surface area contributed by atoms with Crippen molar-refractivity contribution < 1.29 is 24.2 Å². The number of aliphatic carboxylic acids is 1. The van der Waals surface area contributed by atoms with Crippen LogP contribution in [-0.2, 0) is 9.53 Å². The van der Waals surface area contributed by atoms with Gasteiger partial charge in [0, 0.05) is 12.1 Å². The minimum Gasteiger partial charge on any atom is -0.479 e. The van der Waals surface area contributed by atoms with E-state index in [1.165, 1.54) is 7.05 Å². The van der Waals surface area contributed by atoms with Gasteiger partial charge in [-0.2, -0.15) is 0 Å². The zero-order valence-electron chi connectivity index (χ0n) is 13.2. The van der Waals surface area contributed by atoms with Crippen LogP contribution in [0.1, 0.15) is 25.8 Å². The Balaban J connectivity index is 0.000000534. The maximum Gasteiger partial charge on any atom is 0.406 e. The van der Waals surface area contributed by atoms with Crippen LogP contribution in [0, 0.1) is 6.92 Å². The van der Waals surface area contributed by atoms with E-state index in [0.29, 0.717) is 23.8 Å². The highest BCUT2D eigenvalue weighted by Gasteiger charge is 2.17. The molecule has 1 amide bonds. The lowest BCUT2D eigenvalue weighted by atomic mass is 10.2. The Morgan fingerprint density at radius 3 is 2.36 bits per heavy atom. The summed E-state index contributed by atoms with van der Waals surface area (Å²) in [6.07, 6.45) is -0.746. The van der Waals surface area contributed by atoms with E-state index in [0.717, 1.165) is 5.56 Å². The highest BCUT2D eigenvalue weighted by Crippen LogP contribution is 2.23. The number of aryl methyl sites for hydroxylation is 1. The summed E-state index contributed by atoms with van der Waals surface area (Å²) in [5.74, 6) is -0.388. The summed E-state index contributed by atoms with van der Waals surface area (Å²) in [5.41, 5.74) is 0.835. The molecule has 1 atom stereocenters. The van der Waals surface area contributed by atoms with Gasteiger partial charge in [0.1, 0.15) is 5.75 Å². The van der Waals surface area contributed by atoms with Gasteiger partial charge >= 0.3 is 12.1 Å². The summed E-state index contributed by atoms with van der Waals surface area (Å²) < 4.78 is 9.79. The van der Waals surface area contributed by atoms with Crippen LogP contribution in [0.5, 0.6) is 5.75 Å². The van der Waals surface area contributed by atoms with Gasteiger partial charge in [-0.15, -0.1) is 0 Å². The Kier molecular flexibility index (Phi) is 9.78. The predicted octanol–water partition coefficient (Wildman–Crippen LogP) is 3.25. The van der Waals surface area contributed by atoms with Crippen molar-refractivity contribution in [1.82, 2.24) is 5.32 Å². The monoisotopic (exact) mass is 331 g/mol. The van der Waals surface area contributed by atoms with Crippen LogP contribution in [-0.4, -0.2) is 36.9 Å². The number of hydrogen-bond acceptors (Lipinski definition) is 4. The summed E-state index contributed by atoms with van der Waals surface area (Å²) in [7, 11) is 1.53. The molecule has 2 N–H and O–H groups in total. The molecule has 0 fully saturated rings. The summed E-state index contributed by atoms with van der Waals surface area (Å²) in [6, 6.07) is 5.10. The van der Waals surface area contributed by atoms with E-state index in [2.05, 4.69) is 10.1 Å². The molecule has 0 aliphatic heterocycles. The molecule has 0 spiro atoms. The third-order valence-corrected chi connectivity index (χ3v) is 2.77. The Hall–Kier alpha value is -1.95. The van der Waals surface area contributed by atoms with Crippen LogP contribution >= 0.6 is 11.6 Å². The van der Waals surface area contributed by atoms with Gasteiger partial charge in [-0.05, 0) is 44.0 Å². The number of carbonyl (C=O) groups excluding carboxylic acids is 1. The summed E-state index contributed by atoms with van der Waals surface area (Å²) >= 11 is 5.78. The van der Waals surface area contributed by atoms with Gasteiger partial charge in [0.2, 0.25) is 0 Å². The van der Waals surface area contributed by atoms with Crippen molar-refractivity contribution in [3.63, 3.8) is 0 Å². The molecule has 1 aromatic carbocycles. The molecule has 0 aromatic heterocycles. The van der Waals surface area contributed by atoms with E-state index < -0.39 is 12.1 Å². The maximum absolute atomic E-state index is 10.8. The first-order chi connectivity index (χ1) is 10.3. The SMILES string of the molecule is CCC(Oc1ccc(Cl)cc1C)C(=O)O.CCOC(=O)NC. The second-order valence-corrected chi connectivity index (χ2v) is 4.67. The van der Waals surface area contributed by atoms with Gasteiger partial charge in [-0.1, -0.05) is 18.5 Å². The number of ether oxygens (including phenoxy) is 2. The van der Waals surface area contributed by atoms with Crippen LogP contribution in [0.3, 0.4) is 0 Å². The molecule has 124 valence electrons. The molecule has 7 heteroatoms. The first-order valence-electron chi connectivity index (χ1n) is 6.85. The number of halogens is 1. The molecule has 0 saturated heterocycles. The fraction of sp³-hybridized carbons (Fsp3) is 0.467. The van der Waals surface area contributed by atoms with Gasteiger partial charge in [-0.25, -0.2) is 9.59 Å². The molecule has 1 aromatic rings. The normalized spacial score (nSPS) is 10.8. The quantitative estimate of drug-likeness (QED) is 0.865. The fourth-order valence-corrected chi connectivity index (χ4v) is 1.64. The highest BCUT2D eigenvalue weighted by atomic mass is 35.5. The van der Waals surface area contributed by atoms with E-state index in [9.17, 15) is 9.59 Å². The summed E-state index contributed by atoms with van der Waals surface area (Å²) in [5, 5.41) is 11.7. The highest BCUT2D eigenvalue weighted by molar-refractivity contribution is 6.30. The molecule has 0 aliphatic rings. The standard InChI is InChI=1S/C11H13ClO3.C4H9NO2/c1-3-9(11(13)14)15-10-5-4-8(12)6-7(10)2;1-3-7-4(6)5-2/h4-6,9H,3H2,1-2H3,(H,13,14);3H2,1-2H3,(H,5,6). The second-order valence-electron chi connectivity index (χ2n) is 4.23. The molecule has 0 saturated carbocycles. The lowest BCUT2D eigenvalue weighted by Gasteiger charge is -2.14. The Bertz CT molecular complexity index is 493. The number of hydrogen-bond donors (Lipinski definition) is 2. The number of carboxylic acids is 1. The number of amides is 1. The van der Waals surface area contributed by atoms with Crippen molar-refractivity contribution in [3.05, 3.63) is 28.8 Å². The van der Waals surface area contributed by atoms with E-state index in [1.54, 1.807) is 32.0 Å². The third kappa shape index (κ3) is 7.73. The van der Waals surface area contributed by atoms with E-state index in [1.807, 2.05) is 6.92 Å². The largest absolute Gasteiger partial charge is 0.479 e. The minimum absolute atomic E-state index is 0.373. The van der Waals surface area contributed by atoms with Crippen LogP contribution < -0.4 is 10.1 Å². The van der Waals surface area contributed by atoms with E-state index in [4.69, 9.17) is 21.4 Å². The molecule has 0 bridgehead atoms. The van der Waals surface area contributed by atoms with Crippen LogP contribution in [0.25, 0.3) is 0 Å². The van der Waals surface area contributed by atoms with Gasteiger partial charge in [0.05, 0.1) is 6.61 Å². The minimum atomic E-state index is -0.952. The average Bonchev–Trinajstić information content (AvgIpc) is 2.47. The summed E-state index contributed by atoms with van der Waals surface area (Å²) in [6.45, 7) is 5.79. The average molecular weight is 332 g/mol. The van der Waals surface area contributed by atoms with Crippen LogP contribution in [0.4, 0.5) is 4.79 Å². The molecule has 6 nitrogen and oxygen atoms in total. The molecular formula is C15H22ClNO5. The Morgan fingerprint density at radius 2 is 2.00 bits per heavy atom. The Morgan fingerprint density at radius 1 is 1.36 bits per heavy atom. The van der Waals surface area contributed by atoms with Crippen LogP contribution in [0.15, 0.2) is 18.2 Å². The molecule has 0 heterocycles. The van der Waals surface area contributed by atoms with Crippen LogP contribution in [0.2, 0.25) is 5.02 Å². The van der Waals surface area contributed by atoms with Gasteiger partial charge < -0.3 is 19.9 Å². The van der Waals surface area contributed by atoms with Crippen molar-refractivity contribution >= 4 is 23.7 Å². The first-order valence-corrected chi connectivity index (χ1v) is 7.23. The smallest absolute Gasteiger partial charge is 0.406 e. The van der Waals surface area contributed by atoms with Crippen molar-refractivity contribution in [3.8, 4) is 5.75 Å². The number of nitrogens with one attached hydrogen (secondary N) is 1. The number of carbonyl (C=O) groups is 2. The topological polar surface area (TPSA) is 84.9 Å². The number of rotatable bonds is 5. The molecule has 0 aliphatic carbocycles. The van der Waals surface area contributed by atoms with E-state index in [-0.39, 0.29) is 6.09 Å². The maximum atomic E-state index is 10.8. The number of benzene rings is 1. The van der Waals surface area contributed by atoms with Crippen molar-refractivity contribution in [2.24, 2.45) is 0 Å². The zero-order chi connectivity index (χ0) is 17.1. The molecule has 1 rings (SSSR count). The molecule has 22 heavy (non-hydrogen) atoms. The first kappa shape index (κ1) is 20.1. The van der Waals surface area contributed by atoms with Crippen molar-refractivity contribution in [1.29, 1.82) is 0 Å². The number of alkyl carbamates (subject to hydrolysis) is 1. The fourth-order valence-electron chi connectivity index (χ4n) is 1.41. The zero-order valence-corrected chi connectivity index (χ0v) is 13.9. The van der Waals surface area contributed by atoms with E-state index >= 15 is 0 Å². The summed E-state index contributed by atoms with van der Waals surface area (Å²) in [4.78, 5) is 20.8. The van der Waals surface area contributed by atoms with Gasteiger partial charge in [0.25, 0.3) is 0 Å². The Labute approximate surface area is 135 Å².